The van der Waals surface area contributed by atoms with Crippen molar-refractivity contribution in [2.24, 2.45) is 11.1 Å². The molecule has 2 rings (SSSR count). The predicted octanol–water partition coefficient (Wildman–Crippen LogP) is 2.18. The van der Waals surface area contributed by atoms with Gasteiger partial charge in [-0.2, -0.15) is 0 Å². The molecule has 21 heavy (non-hydrogen) atoms. The summed E-state index contributed by atoms with van der Waals surface area (Å²) >= 11 is 1.50. The van der Waals surface area contributed by atoms with Gasteiger partial charge in [-0.05, 0) is 16.9 Å². The molecule has 0 fully saturated rings. The fourth-order valence-corrected chi connectivity index (χ4v) is 2.73. The van der Waals surface area contributed by atoms with Crippen molar-refractivity contribution in [1.29, 1.82) is 0 Å². The minimum atomic E-state index is -0.613. The highest BCUT2D eigenvalue weighted by atomic mass is 32.1. The monoisotopic (exact) mass is 306 g/mol. The fourth-order valence-electron chi connectivity index (χ4n) is 2.00. The van der Waals surface area contributed by atoms with Crippen LogP contribution in [-0.4, -0.2) is 21.5 Å². The highest BCUT2D eigenvalue weighted by molar-refractivity contribution is 7.10. The van der Waals surface area contributed by atoms with E-state index in [0.29, 0.717) is 6.54 Å². The molecule has 6 heteroatoms. The van der Waals surface area contributed by atoms with Crippen LogP contribution in [0.25, 0.3) is 0 Å². The van der Waals surface area contributed by atoms with E-state index >= 15 is 0 Å². The van der Waals surface area contributed by atoms with Crippen molar-refractivity contribution >= 4 is 17.2 Å². The van der Waals surface area contributed by atoms with Crippen LogP contribution in [0.4, 0.5) is 0 Å². The molecule has 0 spiro atoms. The Bertz CT molecular complexity index is 557. The number of carbonyl (C=O) groups excluding carboxylic acids is 1. The van der Waals surface area contributed by atoms with E-state index in [1.54, 1.807) is 12.5 Å². The standard InChI is InChI=1S/C15H22N4OS/c1-15(2,3)12(9-19-7-6-17-10-19)18-14(20)13(16)11-5-4-8-21-11/h4-8,10,12-13H,9,16H2,1-3H3,(H,18,20). The van der Waals surface area contributed by atoms with Gasteiger partial charge >= 0.3 is 0 Å². The van der Waals surface area contributed by atoms with E-state index in [2.05, 4.69) is 31.1 Å². The molecule has 2 atom stereocenters. The molecule has 0 saturated heterocycles. The van der Waals surface area contributed by atoms with Crippen LogP contribution in [0.1, 0.15) is 31.7 Å². The molecule has 3 N–H and O–H groups in total. The average Bonchev–Trinajstić information content (AvgIpc) is 3.08. The molecule has 0 aromatic carbocycles. The summed E-state index contributed by atoms with van der Waals surface area (Å²) in [5, 5.41) is 5.00. The second kappa shape index (κ2) is 6.41. The second-order valence-corrected chi connectivity index (χ2v) is 7.16. The van der Waals surface area contributed by atoms with Crippen molar-refractivity contribution in [3.05, 3.63) is 41.1 Å². The summed E-state index contributed by atoms with van der Waals surface area (Å²) in [5.41, 5.74) is 5.95. The quantitative estimate of drug-likeness (QED) is 0.889. The Morgan fingerprint density at radius 2 is 2.29 bits per heavy atom. The van der Waals surface area contributed by atoms with Crippen LogP contribution in [0.3, 0.4) is 0 Å². The lowest BCUT2D eigenvalue weighted by atomic mass is 9.86. The lowest BCUT2D eigenvalue weighted by Crippen LogP contribution is -2.49. The van der Waals surface area contributed by atoms with E-state index < -0.39 is 6.04 Å². The van der Waals surface area contributed by atoms with Gasteiger partial charge in [0.15, 0.2) is 0 Å². The van der Waals surface area contributed by atoms with Gasteiger partial charge in [-0.3, -0.25) is 4.79 Å². The lowest BCUT2D eigenvalue weighted by Gasteiger charge is -2.32. The summed E-state index contributed by atoms with van der Waals surface area (Å²) < 4.78 is 1.97. The number of nitrogens with one attached hydrogen (secondary N) is 1. The third-order valence-electron chi connectivity index (χ3n) is 3.45. The number of rotatable bonds is 5. The third-order valence-corrected chi connectivity index (χ3v) is 4.40. The van der Waals surface area contributed by atoms with Crippen LogP contribution in [0.2, 0.25) is 0 Å². The number of imidazole rings is 1. The molecule has 0 saturated carbocycles. The minimum Gasteiger partial charge on any atom is -0.349 e. The minimum absolute atomic E-state index is 0.0230. The largest absolute Gasteiger partial charge is 0.349 e. The number of hydrogen-bond donors (Lipinski definition) is 2. The fraction of sp³-hybridized carbons (Fsp3) is 0.467. The SMILES string of the molecule is CC(C)(C)C(Cn1ccnc1)NC(=O)C(N)c1cccs1. The van der Waals surface area contributed by atoms with Gasteiger partial charge in [0.25, 0.3) is 0 Å². The van der Waals surface area contributed by atoms with Crippen LogP contribution < -0.4 is 11.1 Å². The van der Waals surface area contributed by atoms with Gasteiger partial charge in [0.05, 0.1) is 12.4 Å². The number of thiophene rings is 1. The summed E-state index contributed by atoms with van der Waals surface area (Å²) in [6.07, 6.45) is 5.38. The Hall–Kier alpha value is -1.66. The van der Waals surface area contributed by atoms with E-state index in [4.69, 9.17) is 5.73 Å². The van der Waals surface area contributed by atoms with Crippen LogP contribution in [0, 0.1) is 5.41 Å². The number of carbonyl (C=O) groups is 1. The van der Waals surface area contributed by atoms with E-state index in [9.17, 15) is 4.79 Å². The number of nitrogens with two attached hydrogens (primary N) is 1. The Balaban J connectivity index is 2.06. The van der Waals surface area contributed by atoms with E-state index in [1.165, 1.54) is 11.3 Å². The third kappa shape index (κ3) is 4.15. The molecular formula is C15H22N4OS. The molecule has 1 amide bonds. The van der Waals surface area contributed by atoms with Gasteiger partial charge in [0, 0.05) is 23.8 Å². The highest BCUT2D eigenvalue weighted by Gasteiger charge is 2.29. The average molecular weight is 306 g/mol. The van der Waals surface area contributed by atoms with Crippen molar-refractivity contribution in [3.8, 4) is 0 Å². The first-order valence-electron chi connectivity index (χ1n) is 6.93. The van der Waals surface area contributed by atoms with Gasteiger partial charge in [-0.25, -0.2) is 4.98 Å². The molecule has 2 heterocycles. The molecular weight excluding hydrogens is 284 g/mol. The number of nitrogens with zero attached hydrogens (tertiary/aromatic N) is 2. The van der Waals surface area contributed by atoms with Crippen LogP contribution in [-0.2, 0) is 11.3 Å². The normalized spacial score (nSPS) is 14.7. The first-order valence-corrected chi connectivity index (χ1v) is 7.81. The lowest BCUT2D eigenvalue weighted by molar-refractivity contribution is -0.124. The molecule has 5 nitrogen and oxygen atoms in total. The molecule has 0 aliphatic rings. The molecule has 2 aromatic rings. The summed E-state index contributed by atoms with van der Waals surface area (Å²) in [7, 11) is 0. The van der Waals surface area contributed by atoms with Gasteiger partial charge in [-0.15, -0.1) is 11.3 Å². The topological polar surface area (TPSA) is 72.9 Å². The smallest absolute Gasteiger partial charge is 0.242 e. The zero-order chi connectivity index (χ0) is 15.5. The maximum atomic E-state index is 12.4. The Morgan fingerprint density at radius 3 is 2.81 bits per heavy atom. The summed E-state index contributed by atoms with van der Waals surface area (Å²) in [6, 6.07) is 3.15. The van der Waals surface area contributed by atoms with Crippen LogP contribution in [0.5, 0.6) is 0 Å². The van der Waals surface area contributed by atoms with Gasteiger partial charge < -0.3 is 15.6 Å². The van der Waals surface area contributed by atoms with Gasteiger partial charge in [0.1, 0.15) is 6.04 Å². The van der Waals surface area contributed by atoms with Crippen LogP contribution >= 0.6 is 11.3 Å². The number of aromatic nitrogens is 2. The van der Waals surface area contributed by atoms with E-state index in [-0.39, 0.29) is 17.4 Å². The molecule has 114 valence electrons. The zero-order valence-electron chi connectivity index (χ0n) is 12.6. The van der Waals surface area contributed by atoms with Crippen molar-refractivity contribution in [2.75, 3.05) is 0 Å². The molecule has 0 radical (unpaired) electrons. The molecule has 0 aliphatic heterocycles. The Morgan fingerprint density at radius 1 is 1.52 bits per heavy atom. The number of hydrogen-bond acceptors (Lipinski definition) is 4. The molecule has 2 aromatic heterocycles. The van der Waals surface area contributed by atoms with E-state index in [0.717, 1.165) is 4.88 Å². The van der Waals surface area contributed by atoms with Crippen molar-refractivity contribution < 1.29 is 4.79 Å². The summed E-state index contributed by atoms with van der Waals surface area (Å²) in [4.78, 5) is 17.3. The first kappa shape index (κ1) is 15.7. The Labute approximate surface area is 129 Å². The van der Waals surface area contributed by atoms with Crippen molar-refractivity contribution in [2.45, 2.75) is 39.4 Å². The van der Waals surface area contributed by atoms with Crippen molar-refractivity contribution in [3.63, 3.8) is 0 Å². The summed E-state index contributed by atoms with van der Waals surface area (Å²) in [5.74, 6) is -0.141. The number of amides is 1. The van der Waals surface area contributed by atoms with Gasteiger partial charge in [0.2, 0.25) is 5.91 Å². The predicted molar refractivity (Wildman–Crippen MR) is 84.9 cm³/mol. The highest BCUT2D eigenvalue weighted by Crippen LogP contribution is 2.23. The van der Waals surface area contributed by atoms with E-state index in [1.807, 2.05) is 28.3 Å². The first-order chi connectivity index (χ1) is 9.88. The maximum absolute atomic E-state index is 12.4. The Kier molecular flexibility index (Phi) is 4.80. The maximum Gasteiger partial charge on any atom is 0.242 e. The summed E-state index contributed by atoms with van der Waals surface area (Å²) in [6.45, 7) is 6.98. The zero-order valence-corrected chi connectivity index (χ0v) is 13.4. The van der Waals surface area contributed by atoms with Gasteiger partial charge in [-0.1, -0.05) is 26.8 Å². The second-order valence-electron chi connectivity index (χ2n) is 6.18. The molecule has 0 aliphatic carbocycles. The van der Waals surface area contributed by atoms with Crippen molar-refractivity contribution in [1.82, 2.24) is 14.9 Å². The molecule has 0 bridgehead atoms. The van der Waals surface area contributed by atoms with Crippen LogP contribution in [0.15, 0.2) is 36.2 Å². The molecule has 2 unspecified atom stereocenters.